The van der Waals surface area contributed by atoms with Gasteiger partial charge < -0.3 is 4.79 Å². The number of hydrogen-bond donors (Lipinski definition) is 0. The molecule has 0 N–H and O–H groups in total. The van der Waals surface area contributed by atoms with Crippen LogP contribution in [0.15, 0.2) is 77.3 Å². The Labute approximate surface area is 188 Å². The second-order valence-electron chi connectivity index (χ2n) is 8.73. The van der Waals surface area contributed by atoms with Crippen LogP contribution in [0.3, 0.4) is 0 Å². The van der Waals surface area contributed by atoms with E-state index in [9.17, 15) is 14.4 Å². The van der Waals surface area contributed by atoms with E-state index in [0.717, 1.165) is 33.0 Å². The Hall–Kier alpha value is -3.05. The lowest BCUT2D eigenvalue weighted by atomic mass is 9.42. The van der Waals surface area contributed by atoms with Crippen molar-refractivity contribution >= 4 is 39.7 Å². The van der Waals surface area contributed by atoms with Crippen LogP contribution in [-0.2, 0) is 25.2 Å². The van der Waals surface area contributed by atoms with E-state index in [4.69, 9.17) is 0 Å². The van der Waals surface area contributed by atoms with Crippen LogP contribution in [0.25, 0.3) is 0 Å². The van der Waals surface area contributed by atoms with Gasteiger partial charge in [0, 0.05) is 9.89 Å². The van der Waals surface area contributed by atoms with E-state index in [1.807, 2.05) is 61.5 Å². The van der Waals surface area contributed by atoms with E-state index in [-0.39, 0.29) is 11.8 Å². The van der Waals surface area contributed by atoms with E-state index in [1.165, 1.54) is 4.90 Å². The number of nitrogens with zero attached hydrogens (tertiary/aromatic N) is 1. The van der Waals surface area contributed by atoms with Crippen LogP contribution in [0.5, 0.6) is 0 Å². The summed E-state index contributed by atoms with van der Waals surface area (Å²) in [6, 6.07) is 22.7. The molecular formula is C26H18BrNO3. The first-order chi connectivity index (χ1) is 15.0. The van der Waals surface area contributed by atoms with Gasteiger partial charge in [-0.1, -0.05) is 77.5 Å². The van der Waals surface area contributed by atoms with Crippen LogP contribution in [-0.4, -0.2) is 18.1 Å². The molecule has 2 amide bonds. The maximum Gasteiger partial charge on any atom is 0.239 e. The number of hydrogen-bond acceptors (Lipinski definition) is 3. The topological polar surface area (TPSA) is 54.5 Å². The Morgan fingerprint density at radius 1 is 0.806 bits per heavy atom. The van der Waals surface area contributed by atoms with Gasteiger partial charge in [-0.25, -0.2) is 4.90 Å². The zero-order valence-corrected chi connectivity index (χ0v) is 18.3. The van der Waals surface area contributed by atoms with E-state index in [0.29, 0.717) is 5.69 Å². The molecule has 4 nitrogen and oxygen atoms in total. The fraction of sp³-hybridized carbons (Fsp3) is 0.192. The molecule has 1 aliphatic heterocycles. The molecule has 31 heavy (non-hydrogen) atoms. The van der Waals surface area contributed by atoms with Crippen molar-refractivity contribution in [3.63, 3.8) is 0 Å². The zero-order chi connectivity index (χ0) is 21.5. The Kier molecular flexibility index (Phi) is 3.63. The van der Waals surface area contributed by atoms with Crippen LogP contribution >= 0.6 is 15.9 Å². The van der Waals surface area contributed by atoms with Gasteiger partial charge >= 0.3 is 0 Å². The number of amides is 2. The Bertz CT molecular complexity index is 1270. The second kappa shape index (κ2) is 6.01. The Balaban J connectivity index is 1.70. The summed E-state index contributed by atoms with van der Waals surface area (Å²) >= 11 is 3.44. The molecule has 7 rings (SSSR count). The lowest BCUT2D eigenvalue weighted by Crippen LogP contribution is -2.61. The van der Waals surface area contributed by atoms with E-state index < -0.39 is 22.7 Å². The number of carbonyl (C=O) groups is 3. The number of carbonyl (C=O) groups excluding carboxylic acids is 3. The summed E-state index contributed by atoms with van der Waals surface area (Å²) in [5.41, 5.74) is 2.24. The minimum absolute atomic E-state index is 0.245. The molecule has 5 heteroatoms. The Morgan fingerprint density at radius 3 is 1.90 bits per heavy atom. The standard InChI is InChI=1S/C26H18BrNO3/c1-25-17-9-2-4-11-19(17)26(14-29,20-12-5-3-10-18(20)25)22-21(25)23(30)28(24(22)31)16-8-6-7-15(27)13-16/h2-14,21-22H,1H3/t21-,22-,25?,26?/m1/s1. The van der Waals surface area contributed by atoms with Gasteiger partial charge in [-0.15, -0.1) is 0 Å². The van der Waals surface area contributed by atoms with E-state index in [2.05, 4.69) is 15.9 Å². The molecule has 3 aromatic carbocycles. The molecule has 152 valence electrons. The van der Waals surface area contributed by atoms with Crippen LogP contribution in [0.2, 0.25) is 0 Å². The molecule has 0 saturated carbocycles. The van der Waals surface area contributed by atoms with Gasteiger partial charge in [0.05, 0.1) is 22.9 Å². The number of halogens is 1. The third-order valence-corrected chi connectivity index (χ3v) is 8.03. The number of imide groups is 1. The van der Waals surface area contributed by atoms with Crippen LogP contribution in [0.1, 0.15) is 29.2 Å². The Morgan fingerprint density at radius 2 is 1.35 bits per heavy atom. The molecule has 1 fully saturated rings. The summed E-state index contributed by atoms with van der Waals surface area (Å²) in [5, 5.41) is 0. The molecule has 0 radical (unpaired) electrons. The quantitative estimate of drug-likeness (QED) is 0.411. The molecule has 2 atom stereocenters. The van der Waals surface area contributed by atoms with Crippen LogP contribution in [0, 0.1) is 11.8 Å². The first-order valence-electron chi connectivity index (χ1n) is 10.3. The van der Waals surface area contributed by atoms with Crippen molar-refractivity contribution in [3.05, 3.63) is 99.5 Å². The number of anilines is 1. The van der Waals surface area contributed by atoms with Crippen molar-refractivity contribution in [2.75, 3.05) is 4.90 Å². The first kappa shape index (κ1) is 18.7. The SMILES string of the molecule is CC12c3ccccc3C(C=O)(c3ccccc31)[C@H]1C(=O)N(c3cccc(Br)c3)C(=O)[C@@H]12. The smallest absolute Gasteiger partial charge is 0.239 e. The maximum absolute atomic E-state index is 13.9. The summed E-state index contributed by atoms with van der Waals surface area (Å²) in [5.74, 6) is -1.97. The van der Waals surface area contributed by atoms with Crippen molar-refractivity contribution in [1.29, 1.82) is 0 Å². The summed E-state index contributed by atoms with van der Waals surface area (Å²) in [4.78, 5) is 42.1. The molecule has 4 aliphatic rings. The summed E-state index contributed by atoms with van der Waals surface area (Å²) < 4.78 is 0.784. The summed E-state index contributed by atoms with van der Waals surface area (Å²) in [6.45, 7) is 2.05. The average Bonchev–Trinajstić information content (AvgIpc) is 3.06. The number of aldehydes is 1. The third-order valence-electron chi connectivity index (χ3n) is 7.54. The van der Waals surface area contributed by atoms with Crippen molar-refractivity contribution in [3.8, 4) is 0 Å². The van der Waals surface area contributed by atoms with Gasteiger partial charge in [0.1, 0.15) is 6.29 Å². The monoisotopic (exact) mass is 471 g/mol. The average molecular weight is 472 g/mol. The van der Waals surface area contributed by atoms with Gasteiger partial charge in [-0.3, -0.25) is 9.59 Å². The van der Waals surface area contributed by atoms with Crippen LogP contribution < -0.4 is 4.90 Å². The normalized spacial score (nSPS) is 30.1. The van der Waals surface area contributed by atoms with Crippen molar-refractivity contribution < 1.29 is 14.4 Å². The van der Waals surface area contributed by atoms with E-state index in [1.54, 1.807) is 18.2 Å². The van der Waals surface area contributed by atoms with Gasteiger partial charge in [0.2, 0.25) is 11.8 Å². The fourth-order valence-corrected chi connectivity index (χ4v) is 6.72. The molecule has 1 saturated heterocycles. The molecule has 2 bridgehead atoms. The van der Waals surface area contributed by atoms with Crippen molar-refractivity contribution in [2.24, 2.45) is 11.8 Å². The number of rotatable bonds is 2. The van der Waals surface area contributed by atoms with Crippen LogP contribution in [0.4, 0.5) is 5.69 Å². The maximum atomic E-state index is 13.9. The molecule has 0 unspecified atom stereocenters. The van der Waals surface area contributed by atoms with Gasteiger partial charge in [-0.2, -0.15) is 0 Å². The molecule has 1 heterocycles. The predicted octanol–water partition coefficient (Wildman–Crippen LogP) is 4.37. The predicted molar refractivity (Wildman–Crippen MR) is 120 cm³/mol. The zero-order valence-electron chi connectivity index (χ0n) is 16.7. The highest BCUT2D eigenvalue weighted by molar-refractivity contribution is 9.10. The fourth-order valence-electron chi connectivity index (χ4n) is 6.33. The first-order valence-corrected chi connectivity index (χ1v) is 11.0. The highest BCUT2D eigenvalue weighted by atomic mass is 79.9. The lowest BCUT2D eigenvalue weighted by molar-refractivity contribution is -0.129. The minimum Gasteiger partial charge on any atom is -0.302 e. The lowest BCUT2D eigenvalue weighted by Gasteiger charge is -2.56. The number of benzene rings is 3. The second-order valence-corrected chi connectivity index (χ2v) is 9.64. The van der Waals surface area contributed by atoms with Gasteiger partial charge in [0.15, 0.2) is 0 Å². The highest BCUT2D eigenvalue weighted by Crippen LogP contribution is 2.66. The largest absolute Gasteiger partial charge is 0.302 e. The van der Waals surface area contributed by atoms with E-state index >= 15 is 0 Å². The third kappa shape index (κ3) is 1.98. The minimum atomic E-state index is -1.18. The molecule has 0 aromatic heterocycles. The summed E-state index contributed by atoms with van der Waals surface area (Å²) in [7, 11) is 0. The molecule has 0 spiro atoms. The van der Waals surface area contributed by atoms with Crippen molar-refractivity contribution in [2.45, 2.75) is 17.8 Å². The van der Waals surface area contributed by atoms with Gasteiger partial charge in [0.25, 0.3) is 0 Å². The molecular weight excluding hydrogens is 454 g/mol. The highest BCUT2D eigenvalue weighted by Gasteiger charge is 2.72. The van der Waals surface area contributed by atoms with Crippen molar-refractivity contribution in [1.82, 2.24) is 0 Å². The molecule has 3 aromatic rings. The van der Waals surface area contributed by atoms with Gasteiger partial charge in [-0.05, 0) is 40.5 Å². The molecule has 3 aliphatic carbocycles. The summed E-state index contributed by atoms with van der Waals surface area (Å²) in [6.07, 6.45) is 0.899.